The van der Waals surface area contributed by atoms with Gasteiger partial charge in [0.2, 0.25) is 0 Å². The van der Waals surface area contributed by atoms with Gasteiger partial charge in [-0.15, -0.1) is 0 Å². The summed E-state index contributed by atoms with van der Waals surface area (Å²) in [6, 6.07) is 0. The molecular weight excluding hydrogens is 182 g/mol. The SMILES string of the molecule is CCS(#N)=NN=NN=NN=NN. The lowest BCUT2D eigenvalue weighted by Gasteiger charge is -1.70. The standard InChI is InChI=1S/C2H7N9S/c1-2-12(4)11-10-9-8-7-6-5-3/h2H2,1H3,(H2,3,6,8,10). The summed E-state index contributed by atoms with van der Waals surface area (Å²) >= 11 is 0. The minimum atomic E-state index is -1.10. The molecule has 0 radical (unpaired) electrons. The van der Waals surface area contributed by atoms with E-state index in [4.69, 9.17) is 4.61 Å². The quantitative estimate of drug-likeness (QED) is 0.406. The minimum Gasteiger partial charge on any atom is -0.303 e. The van der Waals surface area contributed by atoms with Crippen molar-refractivity contribution >= 4 is 10.3 Å². The molecule has 0 aromatic carbocycles. The molecule has 66 valence electrons. The van der Waals surface area contributed by atoms with Crippen LogP contribution in [0.15, 0.2) is 35.8 Å². The predicted octanol–water partition coefficient (Wildman–Crippen LogP) is 1.26. The van der Waals surface area contributed by atoms with E-state index >= 15 is 0 Å². The van der Waals surface area contributed by atoms with Crippen molar-refractivity contribution in [1.82, 2.24) is 0 Å². The Kier molecular flexibility index (Phi) is 6.40. The first-order chi connectivity index (χ1) is 5.81. The molecular formula is C2H7N9S. The summed E-state index contributed by atoms with van der Waals surface area (Å²) in [5.74, 6) is 5.07. The van der Waals surface area contributed by atoms with Crippen LogP contribution < -0.4 is 5.84 Å². The van der Waals surface area contributed by atoms with Gasteiger partial charge >= 0.3 is 0 Å². The zero-order chi connectivity index (χ0) is 9.23. The lowest BCUT2D eigenvalue weighted by atomic mass is 11.0. The zero-order valence-corrected chi connectivity index (χ0v) is 7.09. The fourth-order valence-electron chi connectivity index (χ4n) is 0.193. The molecule has 0 fully saturated rings. The van der Waals surface area contributed by atoms with E-state index in [0.717, 1.165) is 0 Å². The summed E-state index contributed by atoms with van der Waals surface area (Å²) in [7, 11) is -1.10. The Morgan fingerprint density at radius 2 is 1.75 bits per heavy atom. The summed E-state index contributed by atoms with van der Waals surface area (Å²) in [6.45, 7) is 1.76. The van der Waals surface area contributed by atoms with E-state index in [9.17, 15) is 0 Å². The van der Waals surface area contributed by atoms with E-state index in [1.807, 2.05) is 0 Å². The van der Waals surface area contributed by atoms with Crippen molar-refractivity contribution in [2.24, 2.45) is 41.7 Å². The molecule has 0 heterocycles. The van der Waals surface area contributed by atoms with Gasteiger partial charge < -0.3 is 5.84 Å². The first kappa shape index (κ1) is 10.3. The average molecular weight is 189 g/mol. The van der Waals surface area contributed by atoms with E-state index in [1.165, 1.54) is 0 Å². The second-order valence-electron chi connectivity index (χ2n) is 1.27. The largest absolute Gasteiger partial charge is 0.303 e. The van der Waals surface area contributed by atoms with Gasteiger partial charge in [0.15, 0.2) is 0 Å². The minimum absolute atomic E-state index is 0.485. The maximum Gasteiger partial charge on any atom is 0.0692 e. The van der Waals surface area contributed by atoms with E-state index in [1.54, 1.807) is 6.92 Å². The van der Waals surface area contributed by atoms with Crippen LogP contribution in [0.25, 0.3) is 0 Å². The fourth-order valence-corrected chi connectivity index (χ4v) is 0.425. The second kappa shape index (κ2) is 7.44. The molecule has 0 aliphatic rings. The number of hydrogen-bond donors (Lipinski definition) is 1. The summed E-state index contributed by atoms with van der Waals surface area (Å²) in [4.78, 5) is 0. The highest BCUT2D eigenvalue weighted by Crippen LogP contribution is 1.83. The molecule has 0 aliphatic carbocycles. The van der Waals surface area contributed by atoms with Gasteiger partial charge in [-0.3, -0.25) is 0 Å². The highest BCUT2D eigenvalue weighted by atomic mass is 32.2. The van der Waals surface area contributed by atoms with Gasteiger partial charge in [-0.25, -0.2) is 0 Å². The summed E-state index contributed by atoms with van der Waals surface area (Å²) < 4.78 is 12.2. The molecule has 0 aromatic heterocycles. The first-order valence-corrected chi connectivity index (χ1v) is 4.13. The lowest BCUT2D eigenvalue weighted by Crippen LogP contribution is -1.70. The highest BCUT2D eigenvalue weighted by molar-refractivity contribution is 7.73. The molecule has 2 N–H and O–H groups in total. The molecule has 0 saturated carbocycles. The summed E-state index contributed by atoms with van der Waals surface area (Å²) in [6.07, 6.45) is 0. The number of rotatable bonds is 3. The number of nitrogens with two attached hydrogens (primary N) is 1. The molecule has 12 heavy (non-hydrogen) atoms. The van der Waals surface area contributed by atoms with Crippen LogP contribution in [0, 0.1) is 4.61 Å². The van der Waals surface area contributed by atoms with Crippen LogP contribution in [0.5, 0.6) is 0 Å². The summed E-state index contributed by atoms with van der Waals surface area (Å²) in [5.41, 5.74) is 0. The third-order valence-corrected chi connectivity index (χ3v) is 1.38. The molecule has 0 bridgehead atoms. The third-order valence-electron chi connectivity index (χ3n) is 0.601. The van der Waals surface area contributed by atoms with E-state index in [0.29, 0.717) is 5.75 Å². The highest BCUT2D eigenvalue weighted by Gasteiger charge is 1.72. The van der Waals surface area contributed by atoms with Crippen LogP contribution in [0.4, 0.5) is 0 Å². The van der Waals surface area contributed by atoms with Crippen molar-refractivity contribution in [2.45, 2.75) is 6.92 Å². The molecule has 9 nitrogen and oxygen atoms in total. The summed E-state index contributed by atoms with van der Waals surface area (Å²) in [5, 5.41) is 17.8. The van der Waals surface area contributed by atoms with E-state index < -0.39 is 10.3 Å². The molecule has 0 saturated heterocycles. The second-order valence-corrected chi connectivity index (χ2v) is 2.69. The molecule has 0 atom stereocenters. The van der Waals surface area contributed by atoms with Crippen LogP contribution in [0.1, 0.15) is 6.92 Å². The smallest absolute Gasteiger partial charge is 0.0692 e. The molecule has 0 aliphatic heterocycles. The van der Waals surface area contributed by atoms with Crippen molar-refractivity contribution < 1.29 is 0 Å². The topological polar surface area (TPSA) is 136 Å². The van der Waals surface area contributed by atoms with Gasteiger partial charge in [0.05, 0.1) is 10.3 Å². The van der Waals surface area contributed by atoms with Gasteiger partial charge in [-0.1, -0.05) is 9.69 Å². The van der Waals surface area contributed by atoms with Crippen LogP contribution in [-0.2, 0) is 10.3 Å². The van der Waals surface area contributed by atoms with Crippen molar-refractivity contribution in [3.05, 3.63) is 0 Å². The van der Waals surface area contributed by atoms with Crippen LogP contribution in [0.3, 0.4) is 0 Å². The van der Waals surface area contributed by atoms with Crippen molar-refractivity contribution in [3.8, 4) is 0 Å². The Morgan fingerprint density at radius 3 is 2.33 bits per heavy atom. The van der Waals surface area contributed by atoms with Crippen LogP contribution >= 0.6 is 0 Å². The Balaban J connectivity index is 3.88. The van der Waals surface area contributed by atoms with Gasteiger partial charge in [-0.2, -0.15) is 4.61 Å². The van der Waals surface area contributed by atoms with Gasteiger partial charge in [0.1, 0.15) is 0 Å². The van der Waals surface area contributed by atoms with Gasteiger partial charge in [0.25, 0.3) is 0 Å². The predicted molar refractivity (Wildman–Crippen MR) is 40.8 cm³/mol. The number of hydrogen-bond acceptors (Lipinski definition) is 2. The van der Waals surface area contributed by atoms with Crippen LogP contribution in [0.2, 0.25) is 0 Å². The van der Waals surface area contributed by atoms with Crippen molar-refractivity contribution in [3.63, 3.8) is 0 Å². The Bertz CT molecular complexity index is 304. The monoisotopic (exact) mass is 189 g/mol. The van der Waals surface area contributed by atoms with Crippen molar-refractivity contribution in [2.75, 3.05) is 5.75 Å². The van der Waals surface area contributed by atoms with Crippen LogP contribution in [-0.4, -0.2) is 5.75 Å². The number of nitrogens with zero attached hydrogens (tertiary/aromatic N) is 8. The lowest BCUT2D eigenvalue weighted by molar-refractivity contribution is 0.808. The molecule has 0 spiro atoms. The fraction of sp³-hybridized carbons (Fsp3) is 1.00. The normalized spacial score (nSPS) is 13.8. The molecule has 0 rings (SSSR count). The first-order valence-electron chi connectivity index (χ1n) is 2.82. The average Bonchev–Trinajstić information content (AvgIpc) is 2.10. The Labute approximate surface area is 70.1 Å². The Hall–Kier alpha value is -1.67. The maximum absolute atomic E-state index is 8.83. The maximum atomic E-state index is 8.83. The Morgan fingerprint density at radius 1 is 1.17 bits per heavy atom. The molecule has 0 amide bonds. The molecule has 0 aromatic rings. The van der Waals surface area contributed by atoms with Crippen molar-refractivity contribution in [1.29, 1.82) is 4.61 Å². The van der Waals surface area contributed by atoms with E-state index in [-0.39, 0.29) is 0 Å². The van der Waals surface area contributed by atoms with Gasteiger partial charge in [0, 0.05) is 5.75 Å². The molecule has 0 unspecified atom stereocenters. The zero-order valence-electron chi connectivity index (χ0n) is 6.27. The third kappa shape index (κ3) is 6.45. The van der Waals surface area contributed by atoms with Gasteiger partial charge in [-0.05, 0) is 33.0 Å². The van der Waals surface area contributed by atoms with E-state index in [2.05, 4.69) is 41.7 Å². The molecule has 10 heteroatoms.